The SMILES string of the molecule is COc1cccc(CNCCOCCO)c1OCC(=O)Nc1ccc(C)cc1. The van der Waals surface area contributed by atoms with Crippen molar-refractivity contribution in [3.8, 4) is 11.5 Å². The van der Waals surface area contributed by atoms with Crippen LogP contribution in [-0.2, 0) is 16.1 Å². The van der Waals surface area contributed by atoms with Crippen LogP contribution in [0.15, 0.2) is 42.5 Å². The number of carbonyl (C=O) groups excluding carboxylic acids is 1. The van der Waals surface area contributed by atoms with Gasteiger partial charge >= 0.3 is 0 Å². The molecule has 0 saturated carbocycles. The number of rotatable bonds is 12. The predicted octanol–water partition coefficient (Wildman–Crippen LogP) is 2.12. The van der Waals surface area contributed by atoms with Crippen molar-refractivity contribution in [2.45, 2.75) is 13.5 Å². The fourth-order valence-corrected chi connectivity index (χ4v) is 2.53. The number of aryl methyl sites for hydroxylation is 1. The van der Waals surface area contributed by atoms with E-state index in [4.69, 9.17) is 19.3 Å². The maximum absolute atomic E-state index is 12.2. The lowest BCUT2D eigenvalue weighted by atomic mass is 10.2. The van der Waals surface area contributed by atoms with Crippen molar-refractivity contribution in [2.24, 2.45) is 0 Å². The van der Waals surface area contributed by atoms with Crippen molar-refractivity contribution >= 4 is 11.6 Å². The first-order chi connectivity index (χ1) is 13.6. The number of ether oxygens (including phenoxy) is 3. The van der Waals surface area contributed by atoms with Crippen molar-refractivity contribution < 1.29 is 24.1 Å². The molecule has 2 aromatic carbocycles. The van der Waals surface area contributed by atoms with Gasteiger partial charge in [0.1, 0.15) is 0 Å². The van der Waals surface area contributed by atoms with Crippen LogP contribution < -0.4 is 20.1 Å². The third-order valence-corrected chi connectivity index (χ3v) is 3.94. The molecular weight excluding hydrogens is 360 g/mol. The van der Waals surface area contributed by atoms with Crippen LogP contribution in [0, 0.1) is 6.92 Å². The molecule has 28 heavy (non-hydrogen) atoms. The molecule has 0 unspecified atom stereocenters. The Hall–Kier alpha value is -2.61. The van der Waals surface area contributed by atoms with E-state index in [1.54, 1.807) is 13.2 Å². The van der Waals surface area contributed by atoms with E-state index in [9.17, 15) is 4.79 Å². The van der Waals surface area contributed by atoms with Crippen molar-refractivity contribution in [1.29, 1.82) is 0 Å². The number of para-hydroxylation sites is 1. The second-order valence-corrected chi connectivity index (χ2v) is 6.16. The van der Waals surface area contributed by atoms with Crippen LogP contribution in [0.3, 0.4) is 0 Å². The van der Waals surface area contributed by atoms with E-state index >= 15 is 0 Å². The zero-order valence-corrected chi connectivity index (χ0v) is 16.4. The summed E-state index contributed by atoms with van der Waals surface area (Å²) >= 11 is 0. The molecule has 152 valence electrons. The summed E-state index contributed by atoms with van der Waals surface area (Å²) in [6, 6.07) is 13.2. The second-order valence-electron chi connectivity index (χ2n) is 6.16. The Labute approximate surface area is 165 Å². The zero-order valence-electron chi connectivity index (χ0n) is 16.4. The Bertz CT molecular complexity index is 734. The Kier molecular flexibility index (Phi) is 9.27. The molecule has 0 saturated heterocycles. The van der Waals surface area contributed by atoms with Gasteiger partial charge in [-0.25, -0.2) is 0 Å². The van der Waals surface area contributed by atoms with Crippen LogP contribution in [0.2, 0.25) is 0 Å². The number of aliphatic hydroxyl groups excluding tert-OH is 1. The van der Waals surface area contributed by atoms with Crippen LogP contribution in [0.4, 0.5) is 5.69 Å². The molecule has 0 aromatic heterocycles. The number of methoxy groups -OCH3 is 1. The van der Waals surface area contributed by atoms with Gasteiger partial charge in [0.15, 0.2) is 18.1 Å². The van der Waals surface area contributed by atoms with Gasteiger partial charge in [-0.2, -0.15) is 0 Å². The third-order valence-electron chi connectivity index (χ3n) is 3.94. The molecule has 0 radical (unpaired) electrons. The minimum absolute atomic E-state index is 0.0124. The standard InChI is InChI=1S/C21H28N2O5/c1-16-6-8-18(9-7-16)23-20(25)15-28-21-17(4-3-5-19(21)26-2)14-22-10-12-27-13-11-24/h3-9,22,24H,10-15H2,1-2H3,(H,23,25). The molecule has 0 aliphatic rings. The van der Waals surface area contributed by atoms with Gasteiger partial charge in [0, 0.05) is 24.3 Å². The van der Waals surface area contributed by atoms with Crippen molar-refractivity contribution in [3.05, 3.63) is 53.6 Å². The van der Waals surface area contributed by atoms with Gasteiger partial charge in [0.05, 0.1) is 26.9 Å². The second kappa shape index (κ2) is 12.0. The summed E-state index contributed by atoms with van der Waals surface area (Å²) in [6.45, 7) is 3.87. The van der Waals surface area contributed by atoms with Crippen molar-refractivity contribution in [3.63, 3.8) is 0 Å². The molecule has 7 nitrogen and oxygen atoms in total. The van der Waals surface area contributed by atoms with E-state index in [1.807, 2.05) is 43.3 Å². The highest BCUT2D eigenvalue weighted by Gasteiger charge is 2.13. The molecular formula is C21H28N2O5. The molecule has 0 atom stereocenters. The van der Waals surface area contributed by atoms with Gasteiger partial charge < -0.3 is 30.0 Å². The fourth-order valence-electron chi connectivity index (χ4n) is 2.53. The highest BCUT2D eigenvalue weighted by Crippen LogP contribution is 2.31. The molecule has 1 amide bonds. The summed E-state index contributed by atoms with van der Waals surface area (Å²) in [5, 5.41) is 14.7. The number of anilines is 1. The Morgan fingerprint density at radius 3 is 2.61 bits per heavy atom. The van der Waals surface area contributed by atoms with E-state index in [2.05, 4.69) is 10.6 Å². The molecule has 0 bridgehead atoms. The third kappa shape index (κ3) is 7.19. The summed E-state index contributed by atoms with van der Waals surface area (Å²) in [5.74, 6) is 0.859. The van der Waals surface area contributed by atoms with Crippen LogP contribution in [0.5, 0.6) is 11.5 Å². The smallest absolute Gasteiger partial charge is 0.262 e. The number of hydrogen-bond donors (Lipinski definition) is 3. The molecule has 3 N–H and O–H groups in total. The number of benzene rings is 2. The highest BCUT2D eigenvalue weighted by atomic mass is 16.5. The lowest BCUT2D eigenvalue weighted by Crippen LogP contribution is -2.22. The van der Waals surface area contributed by atoms with Crippen LogP contribution in [0.25, 0.3) is 0 Å². The quantitative estimate of drug-likeness (QED) is 0.483. The molecule has 2 rings (SSSR count). The highest BCUT2D eigenvalue weighted by molar-refractivity contribution is 5.91. The number of aliphatic hydroxyl groups is 1. The predicted molar refractivity (Wildman–Crippen MR) is 108 cm³/mol. The average molecular weight is 388 g/mol. The van der Waals surface area contributed by atoms with Gasteiger partial charge in [-0.05, 0) is 25.1 Å². The topological polar surface area (TPSA) is 89.1 Å². The summed E-state index contributed by atoms with van der Waals surface area (Å²) in [7, 11) is 1.56. The van der Waals surface area contributed by atoms with E-state index in [-0.39, 0.29) is 19.1 Å². The van der Waals surface area contributed by atoms with Gasteiger partial charge in [-0.15, -0.1) is 0 Å². The number of hydrogen-bond acceptors (Lipinski definition) is 6. The van der Waals surface area contributed by atoms with Gasteiger partial charge in [-0.1, -0.05) is 29.8 Å². The van der Waals surface area contributed by atoms with E-state index in [0.29, 0.717) is 37.8 Å². The minimum Gasteiger partial charge on any atom is -0.493 e. The fraction of sp³-hybridized carbons (Fsp3) is 0.381. The molecule has 0 heterocycles. The van der Waals surface area contributed by atoms with Gasteiger partial charge in [0.25, 0.3) is 5.91 Å². The van der Waals surface area contributed by atoms with Crippen molar-refractivity contribution in [1.82, 2.24) is 5.32 Å². The maximum Gasteiger partial charge on any atom is 0.262 e. The molecule has 7 heteroatoms. The van der Waals surface area contributed by atoms with E-state index in [1.165, 1.54) is 0 Å². The molecule has 0 aliphatic heterocycles. The maximum atomic E-state index is 12.2. The minimum atomic E-state index is -0.244. The van der Waals surface area contributed by atoms with E-state index in [0.717, 1.165) is 16.8 Å². The summed E-state index contributed by atoms with van der Waals surface area (Å²) in [4.78, 5) is 12.2. The summed E-state index contributed by atoms with van der Waals surface area (Å²) in [6.07, 6.45) is 0. The van der Waals surface area contributed by atoms with Crippen LogP contribution >= 0.6 is 0 Å². The molecule has 0 fully saturated rings. The normalized spacial score (nSPS) is 10.5. The number of carbonyl (C=O) groups is 1. The summed E-state index contributed by atoms with van der Waals surface area (Å²) < 4.78 is 16.4. The molecule has 0 aliphatic carbocycles. The van der Waals surface area contributed by atoms with Crippen LogP contribution in [-0.4, -0.2) is 51.1 Å². The molecule has 2 aromatic rings. The Morgan fingerprint density at radius 2 is 1.89 bits per heavy atom. The van der Waals surface area contributed by atoms with E-state index < -0.39 is 0 Å². The van der Waals surface area contributed by atoms with Crippen molar-refractivity contribution in [2.75, 3.05) is 45.4 Å². The lowest BCUT2D eigenvalue weighted by Gasteiger charge is -2.15. The lowest BCUT2D eigenvalue weighted by molar-refractivity contribution is -0.118. The number of amides is 1. The van der Waals surface area contributed by atoms with Gasteiger partial charge in [0.2, 0.25) is 0 Å². The monoisotopic (exact) mass is 388 g/mol. The Balaban J connectivity index is 1.91. The number of nitrogens with one attached hydrogen (secondary N) is 2. The first kappa shape index (κ1) is 21.7. The van der Waals surface area contributed by atoms with Gasteiger partial charge in [-0.3, -0.25) is 4.79 Å². The largest absolute Gasteiger partial charge is 0.493 e. The molecule has 0 spiro atoms. The average Bonchev–Trinajstić information content (AvgIpc) is 2.71. The first-order valence-corrected chi connectivity index (χ1v) is 9.18. The Morgan fingerprint density at radius 1 is 1.11 bits per heavy atom. The zero-order chi connectivity index (χ0) is 20.2. The summed E-state index contributed by atoms with van der Waals surface area (Å²) in [5.41, 5.74) is 2.73. The van der Waals surface area contributed by atoms with Crippen LogP contribution in [0.1, 0.15) is 11.1 Å². The first-order valence-electron chi connectivity index (χ1n) is 9.18.